The Kier molecular flexibility index (Phi) is 6.89. The van der Waals surface area contributed by atoms with Crippen LogP contribution < -0.4 is 5.32 Å². The van der Waals surface area contributed by atoms with Crippen molar-refractivity contribution in [1.29, 1.82) is 0 Å². The molecule has 0 spiro atoms. The van der Waals surface area contributed by atoms with Crippen molar-refractivity contribution in [3.05, 3.63) is 55.1 Å². The molecule has 0 aliphatic rings. The third-order valence-corrected chi connectivity index (χ3v) is 5.99. The van der Waals surface area contributed by atoms with E-state index in [2.05, 4.69) is 37.2 Å². The van der Waals surface area contributed by atoms with Crippen LogP contribution in [-0.4, -0.2) is 19.1 Å². The number of hydrogen-bond donors (Lipinski definition) is 1. The molecule has 0 fully saturated rings. The molecule has 6 heteroatoms. The van der Waals surface area contributed by atoms with Gasteiger partial charge in [-0.25, -0.2) is 0 Å². The Balaban J connectivity index is 1.60. The summed E-state index contributed by atoms with van der Waals surface area (Å²) >= 11 is 8.17. The van der Waals surface area contributed by atoms with Crippen molar-refractivity contribution >= 4 is 49.1 Å². The standard InChI is InChI=1S/C15H15Br2NO2S/c16-12-9-13(21-14(12)17)15(19)18-7-4-8-20-10-11-5-2-1-3-6-11/h1-3,5-6,9H,4,7-8,10H2,(H,18,19). The second-order valence-electron chi connectivity index (χ2n) is 4.38. The number of amides is 1. The third kappa shape index (κ3) is 5.54. The monoisotopic (exact) mass is 431 g/mol. The molecule has 0 atom stereocenters. The first-order valence-corrected chi connectivity index (χ1v) is 8.92. The van der Waals surface area contributed by atoms with Crippen LogP contribution in [0.15, 0.2) is 44.7 Å². The molecule has 0 radical (unpaired) electrons. The maximum Gasteiger partial charge on any atom is 0.261 e. The molecule has 3 nitrogen and oxygen atoms in total. The first-order chi connectivity index (χ1) is 10.2. The first-order valence-electron chi connectivity index (χ1n) is 6.51. The van der Waals surface area contributed by atoms with E-state index in [1.54, 1.807) is 0 Å². The highest BCUT2D eigenvalue weighted by Crippen LogP contribution is 2.32. The summed E-state index contributed by atoms with van der Waals surface area (Å²) in [6, 6.07) is 11.9. The first kappa shape index (κ1) is 16.7. The Morgan fingerprint density at radius 1 is 1.24 bits per heavy atom. The molecule has 1 amide bonds. The summed E-state index contributed by atoms with van der Waals surface area (Å²) in [5, 5.41) is 2.89. The Labute approximate surface area is 145 Å². The van der Waals surface area contributed by atoms with Gasteiger partial charge in [-0.05, 0) is 49.9 Å². The summed E-state index contributed by atoms with van der Waals surface area (Å²) in [7, 11) is 0. The zero-order valence-corrected chi connectivity index (χ0v) is 15.3. The average molecular weight is 433 g/mol. The molecule has 1 aromatic carbocycles. The number of thiophene rings is 1. The molecule has 0 aliphatic heterocycles. The van der Waals surface area contributed by atoms with Gasteiger partial charge in [0.1, 0.15) is 0 Å². The van der Waals surface area contributed by atoms with Gasteiger partial charge >= 0.3 is 0 Å². The van der Waals surface area contributed by atoms with Crippen molar-refractivity contribution in [2.24, 2.45) is 0 Å². The molecular weight excluding hydrogens is 418 g/mol. The SMILES string of the molecule is O=C(NCCCOCc1ccccc1)c1cc(Br)c(Br)s1. The highest BCUT2D eigenvalue weighted by molar-refractivity contribution is 9.13. The minimum Gasteiger partial charge on any atom is -0.377 e. The number of ether oxygens (including phenoxy) is 1. The molecule has 0 saturated carbocycles. The van der Waals surface area contributed by atoms with Crippen molar-refractivity contribution in [1.82, 2.24) is 5.32 Å². The fraction of sp³-hybridized carbons (Fsp3) is 0.267. The van der Waals surface area contributed by atoms with Crippen molar-refractivity contribution in [3.63, 3.8) is 0 Å². The van der Waals surface area contributed by atoms with Gasteiger partial charge in [0, 0.05) is 17.6 Å². The zero-order valence-electron chi connectivity index (χ0n) is 11.3. The smallest absolute Gasteiger partial charge is 0.261 e. The van der Waals surface area contributed by atoms with E-state index in [4.69, 9.17) is 4.74 Å². The summed E-state index contributed by atoms with van der Waals surface area (Å²) in [6.07, 6.45) is 0.798. The van der Waals surface area contributed by atoms with E-state index in [-0.39, 0.29) is 5.91 Å². The lowest BCUT2D eigenvalue weighted by molar-refractivity contribution is 0.0938. The van der Waals surface area contributed by atoms with Gasteiger partial charge in [-0.1, -0.05) is 30.3 Å². The lowest BCUT2D eigenvalue weighted by atomic mass is 10.2. The summed E-state index contributed by atoms with van der Waals surface area (Å²) < 4.78 is 7.40. The van der Waals surface area contributed by atoms with E-state index >= 15 is 0 Å². The minimum absolute atomic E-state index is 0.0468. The molecule has 1 N–H and O–H groups in total. The molecule has 0 bridgehead atoms. The highest BCUT2D eigenvalue weighted by atomic mass is 79.9. The lowest BCUT2D eigenvalue weighted by Gasteiger charge is -2.05. The number of carbonyl (C=O) groups excluding carboxylic acids is 1. The lowest BCUT2D eigenvalue weighted by Crippen LogP contribution is -2.24. The van der Waals surface area contributed by atoms with Crippen LogP contribution >= 0.6 is 43.2 Å². The second-order valence-corrected chi connectivity index (χ2v) is 7.60. The van der Waals surface area contributed by atoms with Crippen LogP contribution in [0.2, 0.25) is 0 Å². The Bertz CT molecular complexity index is 567. The largest absolute Gasteiger partial charge is 0.377 e. The van der Waals surface area contributed by atoms with Crippen LogP contribution in [0.25, 0.3) is 0 Å². The van der Waals surface area contributed by atoms with Gasteiger partial charge in [-0.15, -0.1) is 11.3 Å². The number of hydrogen-bond acceptors (Lipinski definition) is 3. The molecule has 1 heterocycles. The van der Waals surface area contributed by atoms with Gasteiger partial charge in [0.15, 0.2) is 0 Å². The predicted octanol–water partition coefficient (Wildman–Crippen LogP) is 4.61. The van der Waals surface area contributed by atoms with Crippen LogP contribution in [0.4, 0.5) is 0 Å². The van der Waals surface area contributed by atoms with Crippen LogP contribution in [0, 0.1) is 0 Å². The molecule has 0 aliphatic carbocycles. The van der Waals surface area contributed by atoms with E-state index in [1.807, 2.05) is 36.4 Å². The molecule has 0 unspecified atom stereocenters. The van der Waals surface area contributed by atoms with E-state index in [0.29, 0.717) is 24.6 Å². The number of nitrogens with one attached hydrogen (secondary N) is 1. The van der Waals surface area contributed by atoms with Gasteiger partial charge in [-0.2, -0.15) is 0 Å². The molecule has 2 aromatic rings. The van der Waals surface area contributed by atoms with Crippen molar-refractivity contribution in [3.8, 4) is 0 Å². The van der Waals surface area contributed by atoms with E-state index in [9.17, 15) is 4.79 Å². The van der Waals surface area contributed by atoms with Crippen LogP contribution in [0.5, 0.6) is 0 Å². The van der Waals surface area contributed by atoms with E-state index in [0.717, 1.165) is 20.2 Å². The molecule has 1 aromatic heterocycles. The third-order valence-electron chi connectivity index (χ3n) is 2.73. The molecule has 0 saturated heterocycles. The second kappa shape index (κ2) is 8.68. The van der Waals surface area contributed by atoms with E-state index < -0.39 is 0 Å². The van der Waals surface area contributed by atoms with Crippen molar-refractivity contribution in [2.75, 3.05) is 13.2 Å². The van der Waals surface area contributed by atoms with Crippen LogP contribution in [0.1, 0.15) is 21.7 Å². The Hall–Kier alpha value is -0.690. The van der Waals surface area contributed by atoms with Gasteiger partial charge in [0.05, 0.1) is 15.3 Å². The summed E-state index contributed by atoms with van der Waals surface area (Å²) in [5.41, 5.74) is 1.16. The van der Waals surface area contributed by atoms with Crippen molar-refractivity contribution < 1.29 is 9.53 Å². The van der Waals surface area contributed by atoms with Gasteiger partial charge in [-0.3, -0.25) is 4.79 Å². The van der Waals surface area contributed by atoms with Crippen LogP contribution in [0.3, 0.4) is 0 Å². The Morgan fingerprint density at radius 3 is 2.67 bits per heavy atom. The maximum atomic E-state index is 11.9. The van der Waals surface area contributed by atoms with E-state index in [1.165, 1.54) is 11.3 Å². The topological polar surface area (TPSA) is 38.3 Å². The maximum absolute atomic E-state index is 11.9. The minimum atomic E-state index is -0.0468. The fourth-order valence-corrected chi connectivity index (χ4v) is 3.64. The van der Waals surface area contributed by atoms with Crippen LogP contribution in [-0.2, 0) is 11.3 Å². The van der Waals surface area contributed by atoms with Gasteiger partial charge < -0.3 is 10.1 Å². The summed E-state index contributed by atoms with van der Waals surface area (Å²) in [5.74, 6) is -0.0468. The number of benzene rings is 1. The number of rotatable bonds is 7. The number of halogens is 2. The fourth-order valence-electron chi connectivity index (χ4n) is 1.69. The average Bonchev–Trinajstić information content (AvgIpc) is 2.83. The molecule has 112 valence electrons. The summed E-state index contributed by atoms with van der Waals surface area (Å²) in [6.45, 7) is 1.85. The van der Waals surface area contributed by atoms with Gasteiger partial charge in [0.2, 0.25) is 0 Å². The molecular formula is C15H15Br2NO2S. The Morgan fingerprint density at radius 2 is 2.00 bits per heavy atom. The number of carbonyl (C=O) groups is 1. The highest BCUT2D eigenvalue weighted by Gasteiger charge is 2.11. The molecule has 2 rings (SSSR count). The predicted molar refractivity (Wildman–Crippen MR) is 92.8 cm³/mol. The summed E-state index contributed by atoms with van der Waals surface area (Å²) in [4.78, 5) is 12.6. The van der Waals surface area contributed by atoms with Crippen molar-refractivity contribution in [2.45, 2.75) is 13.0 Å². The quantitative estimate of drug-likeness (QED) is 0.648. The normalized spacial score (nSPS) is 10.6. The zero-order chi connectivity index (χ0) is 15.1. The molecule has 21 heavy (non-hydrogen) atoms. The van der Waals surface area contributed by atoms with Gasteiger partial charge in [0.25, 0.3) is 5.91 Å².